The van der Waals surface area contributed by atoms with Crippen LogP contribution in [-0.4, -0.2) is 34.3 Å². The van der Waals surface area contributed by atoms with Crippen molar-refractivity contribution in [3.63, 3.8) is 0 Å². The van der Waals surface area contributed by atoms with E-state index in [1.807, 2.05) is 42.3 Å². The minimum atomic E-state index is -0.00675. The van der Waals surface area contributed by atoms with Gasteiger partial charge < -0.3 is 10.2 Å². The highest BCUT2D eigenvalue weighted by atomic mass is 16.2. The van der Waals surface area contributed by atoms with Crippen molar-refractivity contribution in [1.82, 2.24) is 20.0 Å². The fourth-order valence-corrected chi connectivity index (χ4v) is 2.81. The van der Waals surface area contributed by atoms with Gasteiger partial charge in [0.15, 0.2) is 0 Å². The molecule has 0 aliphatic heterocycles. The highest BCUT2D eigenvalue weighted by Gasteiger charge is 2.21. The van der Waals surface area contributed by atoms with Crippen LogP contribution in [0.15, 0.2) is 42.7 Å². The van der Waals surface area contributed by atoms with Crippen LogP contribution in [0, 0.1) is 5.92 Å². The number of benzene rings is 1. The van der Waals surface area contributed by atoms with Crippen LogP contribution in [0.1, 0.15) is 30.4 Å². The van der Waals surface area contributed by atoms with Gasteiger partial charge in [0.2, 0.25) is 0 Å². The molecule has 1 aromatic carbocycles. The summed E-state index contributed by atoms with van der Waals surface area (Å²) in [5.74, 6) is 0.694. The minimum Gasteiger partial charge on any atom is -0.334 e. The van der Waals surface area contributed by atoms with Gasteiger partial charge >= 0.3 is 6.03 Å². The van der Waals surface area contributed by atoms with Gasteiger partial charge in [-0.05, 0) is 24.3 Å². The molecular weight excluding hydrogens is 288 g/mol. The molecular formula is C18H24N4O. The molecule has 2 aromatic rings. The average Bonchev–Trinajstić information content (AvgIpc) is 2.96. The van der Waals surface area contributed by atoms with Crippen molar-refractivity contribution < 1.29 is 4.79 Å². The maximum absolute atomic E-state index is 12.1. The summed E-state index contributed by atoms with van der Waals surface area (Å²) >= 11 is 0. The van der Waals surface area contributed by atoms with E-state index in [-0.39, 0.29) is 6.03 Å². The molecule has 23 heavy (non-hydrogen) atoms. The van der Waals surface area contributed by atoms with Crippen molar-refractivity contribution in [3.8, 4) is 0 Å². The molecule has 3 rings (SSSR count). The lowest BCUT2D eigenvalue weighted by Crippen LogP contribution is -2.40. The molecule has 1 saturated carbocycles. The monoisotopic (exact) mass is 312 g/mol. The van der Waals surface area contributed by atoms with Gasteiger partial charge in [0.1, 0.15) is 0 Å². The van der Waals surface area contributed by atoms with E-state index >= 15 is 0 Å². The van der Waals surface area contributed by atoms with Gasteiger partial charge in [-0.3, -0.25) is 4.68 Å². The molecule has 1 N–H and O–H groups in total. The normalized spacial score (nSPS) is 14.3. The lowest BCUT2D eigenvalue weighted by molar-refractivity contribution is 0.182. The Kier molecular flexibility index (Phi) is 4.95. The number of nitrogens with one attached hydrogen (secondary N) is 1. The molecule has 1 aliphatic rings. The topological polar surface area (TPSA) is 50.2 Å². The van der Waals surface area contributed by atoms with Crippen LogP contribution in [0.4, 0.5) is 4.79 Å². The van der Waals surface area contributed by atoms with E-state index < -0.39 is 0 Å². The van der Waals surface area contributed by atoms with Gasteiger partial charge in [-0.15, -0.1) is 0 Å². The Labute approximate surface area is 137 Å². The first-order valence-corrected chi connectivity index (χ1v) is 8.25. The third-order valence-electron chi connectivity index (χ3n) is 4.42. The maximum atomic E-state index is 12.1. The number of hydrogen-bond acceptors (Lipinski definition) is 2. The predicted octanol–water partition coefficient (Wildman–Crippen LogP) is 2.87. The Hall–Kier alpha value is -2.30. The van der Waals surface area contributed by atoms with Gasteiger partial charge in [-0.1, -0.05) is 36.8 Å². The first kappa shape index (κ1) is 15.6. The third-order valence-corrected chi connectivity index (χ3v) is 4.42. The highest BCUT2D eigenvalue weighted by molar-refractivity contribution is 5.73. The van der Waals surface area contributed by atoms with E-state index in [1.54, 1.807) is 4.90 Å². The standard InChI is InChI=1S/C18H24N4O/c1-21(12-15-8-5-9-15)18(23)19-10-17-11-20-22(14-17)13-16-6-3-2-4-7-16/h2-4,6-7,11,14-15H,5,8-10,12-13H2,1H3,(H,19,23). The van der Waals surface area contributed by atoms with E-state index in [4.69, 9.17) is 0 Å². The van der Waals surface area contributed by atoms with E-state index in [0.717, 1.165) is 18.7 Å². The summed E-state index contributed by atoms with van der Waals surface area (Å²) in [5.41, 5.74) is 2.23. The average molecular weight is 312 g/mol. The first-order chi connectivity index (χ1) is 11.2. The SMILES string of the molecule is CN(CC1CCC1)C(=O)NCc1cnn(Cc2ccccc2)c1. The second-order valence-electron chi connectivity index (χ2n) is 6.37. The summed E-state index contributed by atoms with van der Waals surface area (Å²) in [4.78, 5) is 13.9. The van der Waals surface area contributed by atoms with Crippen LogP contribution < -0.4 is 5.32 Å². The zero-order valence-corrected chi connectivity index (χ0v) is 13.6. The molecule has 5 nitrogen and oxygen atoms in total. The summed E-state index contributed by atoms with van der Waals surface area (Å²) in [6.45, 7) is 2.12. The van der Waals surface area contributed by atoms with Crippen LogP contribution in [0.3, 0.4) is 0 Å². The quantitative estimate of drug-likeness (QED) is 0.891. The van der Waals surface area contributed by atoms with E-state index in [0.29, 0.717) is 12.5 Å². The number of rotatable bonds is 6. The Morgan fingerprint density at radius 3 is 2.78 bits per heavy atom. The number of carbonyl (C=O) groups excluding carboxylic acids is 1. The van der Waals surface area contributed by atoms with E-state index in [1.165, 1.54) is 24.8 Å². The van der Waals surface area contributed by atoms with Crippen LogP contribution in [-0.2, 0) is 13.1 Å². The smallest absolute Gasteiger partial charge is 0.317 e. The Bertz CT molecular complexity index is 633. The lowest BCUT2D eigenvalue weighted by Gasteiger charge is -2.30. The lowest BCUT2D eigenvalue weighted by atomic mass is 9.85. The van der Waals surface area contributed by atoms with Crippen LogP contribution >= 0.6 is 0 Å². The van der Waals surface area contributed by atoms with Crippen LogP contribution in [0.5, 0.6) is 0 Å². The molecule has 122 valence electrons. The van der Waals surface area contributed by atoms with Crippen molar-refractivity contribution in [1.29, 1.82) is 0 Å². The summed E-state index contributed by atoms with van der Waals surface area (Å²) in [7, 11) is 1.87. The predicted molar refractivity (Wildman–Crippen MR) is 90.0 cm³/mol. The number of amides is 2. The zero-order chi connectivity index (χ0) is 16.1. The first-order valence-electron chi connectivity index (χ1n) is 8.25. The number of urea groups is 1. The van der Waals surface area contributed by atoms with Gasteiger partial charge in [0.25, 0.3) is 0 Å². The molecule has 0 atom stereocenters. The molecule has 1 fully saturated rings. The molecule has 0 radical (unpaired) electrons. The van der Waals surface area contributed by atoms with Gasteiger partial charge in [-0.25, -0.2) is 4.79 Å². The Morgan fingerprint density at radius 2 is 2.09 bits per heavy atom. The van der Waals surface area contributed by atoms with Gasteiger partial charge in [0, 0.05) is 31.9 Å². The van der Waals surface area contributed by atoms with Crippen molar-refractivity contribution in [2.75, 3.05) is 13.6 Å². The van der Waals surface area contributed by atoms with E-state index in [9.17, 15) is 4.79 Å². The van der Waals surface area contributed by atoms with Crippen molar-refractivity contribution in [2.24, 2.45) is 5.92 Å². The van der Waals surface area contributed by atoms with Crippen molar-refractivity contribution in [2.45, 2.75) is 32.4 Å². The summed E-state index contributed by atoms with van der Waals surface area (Å²) < 4.78 is 1.90. The molecule has 0 unspecified atom stereocenters. The molecule has 5 heteroatoms. The molecule has 2 amide bonds. The number of hydrogen-bond donors (Lipinski definition) is 1. The maximum Gasteiger partial charge on any atom is 0.317 e. The molecule has 1 aromatic heterocycles. The van der Waals surface area contributed by atoms with E-state index in [2.05, 4.69) is 22.5 Å². The highest BCUT2D eigenvalue weighted by Crippen LogP contribution is 2.26. The summed E-state index contributed by atoms with van der Waals surface area (Å²) in [5, 5.41) is 7.32. The fraction of sp³-hybridized carbons (Fsp3) is 0.444. The number of nitrogens with zero attached hydrogens (tertiary/aromatic N) is 3. The second kappa shape index (κ2) is 7.31. The fourth-order valence-electron chi connectivity index (χ4n) is 2.81. The Morgan fingerprint density at radius 1 is 1.30 bits per heavy atom. The van der Waals surface area contributed by atoms with Crippen molar-refractivity contribution >= 4 is 6.03 Å². The summed E-state index contributed by atoms with van der Waals surface area (Å²) in [6, 6.07) is 10.2. The molecule has 1 heterocycles. The number of carbonyl (C=O) groups is 1. The molecule has 0 spiro atoms. The Balaban J connectivity index is 1.46. The molecule has 0 saturated heterocycles. The second-order valence-corrected chi connectivity index (χ2v) is 6.37. The summed E-state index contributed by atoms with van der Waals surface area (Å²) in [6.07, 6.45) is 7.61. The van der Waals surface area contributed by atoms with Crippen LogP contribution in [0.2, 0.25) is 0 Å². The van der Waals surface area contributed by atoms with Gasteiger partial charge in [-0.2, -0.15) is 5.10 Å². The third kappa shape index (κ3) is 4.34. The molecule has 1 aliphatic carbocycles. The minimum absolute atomic E-state index is 0.00675. The van der Waals surface area contributed by atoms with Gasteiger partial charge in [0.05, 0.1) is 12.7 Å². The molecule has 0 bridgehead atoms. The number of aromatic nitrogens is 2. The zero-order valence-electron chi connectivity index (χ0n) is 13.6. The largest absolute Gasteiger partial charge is 0.334 e. The van der Waals surface area contributed by atoms with Crippen LogP contribution in [0.25, 0.3) is 0 Å². The van der Waals surface area contributed by atoms with Crippen molar-refractivity contribution in [3.05, 3.63) is 53.9 Å².